The van der Waals surface area contributed by atoms with E-state index in [9.17, 15) is 5.11 Å². The lowest BCUT2D eigenvalue weighted by Gasteiger charge is -2.27. The van der Waals surface area contributed by atoms with Gasteiger partial charge in [-0.2, -0.15) is 0 Å². The molecule has 1 rings (SSSR count). The van der Waals surface area contributed by atoms with Crippen molar-refractivity contribution in [1.29, 1.82) is 0 Å². The molecule has 19 heavy (non-hydrogen) atoms. The second-order valence-corrected chi connectivity index (χ2v) is 5.62. The van der Waals surface area contributed by atoms with Crippen LogP contribution < -0.4 is 10.2 Å². The number of halogens is 1. The molecule has 0 heterocycles. The second-order valence-electron chi connectivity index (χ2n) is 4.70. The molecule has 5 heteroatoms. The minimum absolute atomic E-state index is 0.245. The zero-order chi connectivity index (χ0) is 14.4. The first kappa shape index (κ1) is 16.4. The largest absolute Gasteiger partial charge is 0.389 e. The van der Waals surface area contributed by atoms with Crippen LogP contribution in [-0.2, 0) is 4.74 Å². The van der Waals surface area contributed by atoms with Crippen LogP contribution in [0.4, 0.5) is 5.69 Å². The Morgan fingerprint density at radius 2 is 2.16 bits per heavy atom. The van der Waals surface area contributed by atoms with Crippen molar-refractivity contribution >= 4 is 21.6 Å². The molecule has 4 nitrogen and oxygen atoms in total. The van der Waals surface area contributed by atoms with E-state index in [0.29, 0.717) is 13.2 Å². The molecule has 0 aliphatic carbocycles. The van der Waals surface area contributed by atoms with Crippen LogP contribution >= 0.6 is 15.9 Å². The summed E-state index contributed by atoms with van der Waals surface area (Å²) >= 11 is 3.50. The van der Waals surface area contributed by atoms with E-state index in [2.05, 4.69) is 45.2 Å². The fourth-order valence-corrected chi connectivity index (χ4v) is 2.41. The van der Waals surface area contributed by atoms with Crippen LogP contribution in [-0.4, -0.2) is 45.6 Å². The molecular formula is C14H23BrN2O2. The van der Waals surface area contributed by atoms with Gasteiger partial charge in [0.2, 0.25) is 0 Å². The molecular weight excluding hydrogens is 308 g/mol. The maximum Gasteiger partial charge on any atom is 0.0947 e. The molecule has 0 saturated heterocycles. The number of benzene rings is 1. The van der Waals surface area contributed by atoms with E-state index < -0.39 is 6.10 Å². The summed E-state index contributed by atoms with van der Waals surface area (Å²) in [5.41, 5.74) is 2.31. The molecule has 0 saturated carbocycles. The first-order valence-corrected chi connectivity index (χ1v) is 7.13. The molecule has 1 aromatic rings. The number of nitrogens with zero attached hydrogens (tertiary/aromatic N) is 1. The van der Waals surface area contributed by atoms with E-state index in [-0.39, 0.29) is 6.04 Å². The third kappa shape index (κ3) is 4.76. The minimum Gasteiger partial charge on any atom is -0.389 e. The Balaban J connectivity index is 2.92. The summed E-state index contributed by atoms with van der Waals surface area (Å²) in [6, 6.07) is 6.43. The second kappa shape index (κ2) is 7.85. The molecule has 0 amide bonds. The van der Waals surface area contributed by atoms with Crippen molar-refractivity contribution in [1.82, 2.24) is 5.32 Å². The minimum atomic E-state index is -0.489. The van der Waals surface area contributed by atoms with E-state index in [1.807, 2.05) is 20.2 Å². The fraction of sp³-hybridized carbons (Fsp3) is 0.571. The van der Waals surface area contributed by atoms with Crippen molar-refractivity contribution < 1.29 is 9.84 Å². The molecule has 0 aliphatic rings. The number of ether oxygens (including phenoxy) is 1. The Morgan fingerprint density at radius 3 is 2.74 bits per heavy atom. The standard InChI is InChI=1S/C14H23BrN2O2/c1-10(16-2)13-7-11(15)5-6-14(13)17(3)8-12(18)9-19-4/h5-7,10,12,16,18H,8-9H2,1-4H3. The summed E-state index contributed by atoms with van der Waals surface area (Å²) in [5.74, 6) is 0. The molecule has 2 atom stereocenters. The van der Waals surface area contributed by atoms with Gasteiger partial charge in [0, 0.05) is 36.9 Å². The lowest BCUT2D eigenvalue weighted by Crippen LogP contribution is -2.33. The van der Waals surface area contributed by atoms with Gasteiger partial charge in [-0.25, -0.2) is 0 Å². The molecule has 0 aliphatic heterocycles. The maximum atomic E-state index is 9.83. The van der Waals surface area contributed by atoms with Gasteiger partial charge in [0.25, 0.3) is 0 Å². The zero-order valence-corrected chi connectivity index (χ0v) is 13.6. The lowest BCUT2D eigenvalue weighted by atomic mass is 10.1. The van der Waals surface area contributed by atoms with Crippen molar-refractivity contribution in [2.45, 2.75) is 19.1 Å². The normalized spacial score (nSPS) is 14.2. The quantitative estimate of drug-likeness (QED) is 0.804. The van der Waals surface area contributed by atoms with E-state index >= 15 is 0 Å². The highest BCUT2D eigenvalue weighted by Crippen LogP contribution is 2.28. The summed E-state index contributed by atoms with van der Waals surface area (Å²) in [6.07, 6.45) is -0.489. The molecule has 1 aromatic carbocycles. The van der Waals surface area contributed by atoms with Crippen molar-refractivity contribution in [3.8, 4) is 0 Å². The molecule has 0 fully saturated rings. The molecule has 2 N–H and O–H groups in total. The first-order valence-electron chi connectivity index (χ1n) is 6.34. The van der Waals surface area contributed by atoms with Crippen molar-refractivity contribution in [2.75, 3.05) is 39.3 Å². The van der Waals surface area contributed by atoms with Crippen LogP contribution in [0.15, 0.2) is 22.7 Å². The van der Waals surface area contributed by atoms with Crippen LogP contribution in [0.2, 0.25) is 0 Å². The number of anilines is 1. The Morgan fingerprint density at radius 1 is 1.47 bits per heavy atom. The first-order chi connectivity index (χ1) is 8.99. The zero-order valence-electron chi connectivity index (χ0n) is 12.0. The lowest BCUT2D eigenvalue weighted by molar-refractivity contribution is 0.0695. The summed E-state index contributed by atoms with van der Waals surface area (Å²) < 4.78 is 6.02. The van der Waals surface area contributed by atoms with E-state index in [1.54, 1.807) is 7.11 Å². The molecule has 0 spiro atoms. The topological polar surface area (TPSA) is 44.7 Å². The summed E-state index contributed by atoms with van der Waals surface area (Å²) in [5, 5.41) is 13.1. The van der Waals surface area contributed by atoms with Gasteiger partial charge in [-0.1, -0.05) is 15.9 Å². The highest BCUT2D eigenvalue weighted by atomic mass is 79.9. The predicted molar refractivity (Wildman–Crippen MR) is 82.8 cm³/mol. The highest BCUT2D eigenvalue weighted by molar-refractivity contribution is 9.10. The van der Waals surface area contributed by atoms with Crippen LogP contribution in [0.25, 0.3) is 0 Å². The molecule has 108 valence electrons. The van der Waals surface area contributed by atoms with Gasteiger partial charge >= 0.3 is 0 Å². The van der Waals surface area contributed by atoms with Gasteiger partial charge in [0.1, 0.15) is 0 Å². The van der Waals surface area contributed by atoms with E-state index in [0.717, 1.165) is 10.2 Å². The molecule has 2 unspecified atom stereocenters. The number of hydrogen-bond donors (Lipinski definition) is 2. The average molecular weight is 331 g/mol. The Kier molecular flexibility index (Phi) is 6.79. The third-order valence-corrected chi connectivity index (χ3v) is 3.64. The number of aliphatic hydroxyl groups excluding tert-OH is 1. The van der Waals surface area contributed by atoms with E-state index in [4.69, 9.17) is 4.74 Å². The Labute approximate surface area is 123 Å². The van der Waals surface area contributed by atoms with Crippen molar-refractivity contribution in [3.63, 3.8) is 0 Å². The van der Waals surface area contributed by atoms with Gasteiger partial charge in [-0.15, -0.1) is 0 Å². The smallest absolute Gasteiger partial charge is 0.0947 e. The Hall–Kier alpha value is -0.620. The van der Waals surface area contributed by atoms with Crippen molar-refractivity contribution in [3.05, 3.63) is 28.2 Å². The van der Waals surface area contributed by atoms with Crippen LogP contribution in [0.1, 0.15) is 18.5 Å². The van der Waals surface area contributed by atoms with Crippen LogP contribution in [0, 0.1) is 0 Å². The predicted octanol–water partition coefficient (Wildman–Crippen LogP) is 2.17. The number of likely N-dealkylation sites (N-methyl/N-ethyl adjacent to an activating group) is 1. The SMILES string of the molecule is CNC(C)c1cc(Br)ccc1N(C)CC(O)COC. The van der Waals surface area contributed by atoms with Crippen LogP contribution in [0.5, 0.6) is 0 Å². The number of hydrogen-bond acceptors (Lipinski definition) is 4. The maximum absolute atomic E-state index is 9.83. The molecule has 0 aromatic heterocycles. The molecule has 0 radical (unpaired) electrons. The summed E-state index contributed by atoms with van der Waals surface area (Å²) in [6.45, 7) is 3.00. The van der Waals surface area contributed by atoms with Gasteiger partial charge < -0.3 is 20.1 Å². The average Bonchev–Trinajstić information content (AvgIpc) is 2.37. The van der Waals surface area contributed by atoms with Crippen molar-refractivity contribution in [2.24, 2.45) is 0 Å². The number of rotatable bonds is 7. The summed E-state index contributed by atoms with van der Waals surface area (Å²) in [7, 11) is 5.51. The van der Waals surface area contributed by atoms with Gasteiger partial charge in [-0.05, 0) is 37.7 Å². The van der Waals surface area contributed by atoms with Gasteiger partial charge in [-0.3, -0.25) is 0 Å². The Bertz CT molecular complexity index is 401. The highest BCUT2D eigenvalue weighted by Gasteiger charge is 2.15. The van der Waals surface area contributed by atoms with Gasteiger partial charge in [0.05, 0.1) is 12.7 Å². The number of aliphatic hydroxyl groups is 1. The fourth-order valence-electron chi connectivity index (χ4n) is 2.03. The number of methoxy groups -OCH3 is 1. The third-order valence-electron chi connectivity index (χ3n) is 3.14. The van der Waals surface area contributed by atoms with E-state index in [1.165, 1.54) is 5.56 Å². The van der Waals surface area contributed by atoms with Crippen LogP contribution in [0.3, 0.4) is 0 Å². The molecule has 0 bridgehead atoms. The van der Waals surface area contributed by atoms with Gasteiger partial charge in [0.15, 0.2) is 0 Å². The number of nitrogens with one attached hydrogen (secondary N) is 1. The monoisotopic (exact) mass is 330 g/mol. The summed E-state index contributed by atoms with van der Waals surface area (Å²) in [4.78, 5) is 2.05.